The van der Waals surface area contributed by atoms with Gasteiger partial charge in [-0.3, -0.25) is 0 Å². The number of hydrogen-bond donors (Lipinski definition) is 0. The van der Waals surface area contributed by atoms with Crippen LogP contribution in [-0.2, 0) is 0 Å². The standard InChI is InChI=1S/C16H29N/c1-6-7-10-15-12-16(17(5)14(15)4)11-8-9-13(2)3/h8-9,11,13-15H,6-7,10,12H2,1-5H3/b9-8-,16-11+. The van der Waals surface area contributed by atoms with E-state index in [1.165, 1.54) is 31.4 Å². The molecule has 1 nitrogen and oxygen atoms in total. The van der Waals surface area contributed by atoms with E-state index < -0.39 is 0 Å². The lowest BCUT2D eigenvalue weighted by molar-refractivity contribution is 0.302. The molecule has 17 heavy (non-hydrogen) atoms. The first-order valence-electron chi connectivity index (χ1n) is 7.16. The summed E-state index contributed by atoms with van der Waals surface area (Å²) >= 11 is 0. The van der Waals surface area contributed by atoms with E-state index in [0.717, 1.165) is 5.92 Å². The minimum absolute atomic E-state index is 0.645. The Bertz CT molecular complexity index is 275. The third kappa shape index (κ3) is 4.22. The molecule has 0 aromatic carbocycles. The summed E-state index contributed by atoms with van der Waals surface area (Å²) in [5.41, 5.74) is 1.51. The Morgan fingerprint density at radius 1 is 1.41 bits per heavy atom. The monoisotopic (exact) mass is 235 g/mol. The first kappa shape index (κ1) is 14.3. The number of likely N-dealkylation sites (tertiary alicyclic amines) is 1. The van der Waals surface area contributed by atoms with Crippen molar-refractivity contribution in [2.24, 2.45) is 11.8 Å². The van der Waals surface area contributed by atoms with Gasteiger partial charge in [0.05, 0.1) is 0 Å². The van der Waals surface area contributed by atoms with Crippen LogP contribution < -0.4 is 0 Å². The van der Waals surface area contributed by atoms with Gasteiger partial charge in [-0.1, -0.05) is 45.8 Å². The van der Waals surface area contributed by atoms with Crippen LogP contribution in [0.2, 0.25) is 0 Å². The predicted molar refractivity (Wildman–Crippen MR) is 76.9 cm³/mol. The zero-order valence-electron chi connectivity index (χ0n) is 12.2. The van der Waals surface area contributed by atoms with Gasteiger partial charge in [-0.05, 0) is 37.7 Å². The fourth-order valence-corrected chi connectivity index (χ4v) is 2.55. The molecule has 2 unspecified atom stereocenters. The zero-order valence-corrected chi connectivity index (χ0v) is 12.2. The van der Waals surface area contributed by atoms with Crippen LogP contribution in [-0.4, -0.2) is 18.0 Å². The van der Waals surface area contributed by atoms with Crippen LogP contribution in [0.25, 0.3) is 0 Å². The number of unbranched alkanes of at least 4 members (excludes halogenated alkanes) is 1. The largest absolute Gasteiger partial charge is 0.375 e. The highest BCUT2D eigenvalue weighted by Crippen LogP contribution is 2.34. The number of nitrogens with zero attached hydrogens (tertiary/aromatic N) is 1. The molecule has 1 saturated heterocycles. The molecule has 1 aliphatic rings. The smallest absolute Gasteiger partial charge is 0.0287 e. The van der Waals surface area contributed by atoms with E-state index in [4.69, 9.17) is 0 Å². The Morgan fingerprint density at radius 3 is 2.71 bits per heavy atom. The van der Waals surface area contributed by atoms with Crippen LogP contribution in [0.4, 0.5) is 0 Å². The topological polar surface area (TPSA) is 3.24 Å². The second-order valence-electron chi connectivity index (χ2n) is 5.74. The molecule has 0 spiro atoms. The highest BCUT2D eigenvalue weighted by atomic mass is 15.2. The first-order valence-corrected chi connectivity index (χ1v) is 7.16. The van der Waals surface area contributed by atoms with Crippen molar-refractivity contribution >= 4 is 0 Å². The molecule has 0 N–H and O–H groups in total. The molecule has 98 valence electrons. The van der Waals surface area contributed by atoms with Crippen molar-refractivity contribution in [1.29, 1.82) is 0 Å². The molecule has 2 atom stereocenters. The molecule has 1 heterocycles. The van der Waals surface area contributed by atoms with Crippen LogP contribution in [0, 0.1) is 11.8 Å². The number of hydrogen-bond acceptors (Lipinski definition) is 1. The minimum Gasteiger partial charge on any atom is -0.375 e. The van der Waals surface area contributed by atoms with Crippen LogP contribution in [0.15, 0.2) is 23.9 Å². The summed E-state index contributed by atoms with van der Waals surface area (Å²) in [7, 11) is 2.24. The van der Waals surface area contributed by atoms with Crippen molar-refractivity contribution in [3.63, 3.8) is 0 Å². The average Bonchev–Trinajstić information content (AvgIpc) is 2.54. The summed E-state index contributed by atoms with van der Waals surface area (Å²) in [6.07, 6.45) is 12.1. The molecule has 0 amide bonds. The summed E-state index contributed by atoms with van der Waals surface area (Å²) in [4.78, 5) is 2.46. The third-order valence-electron chi connectivity index (χ3n) is 3.93. The van der Waals surface area contributed by atoms with Gasteiger partial charge >= 0.3 is 0 Å². The van der Waals surface area contributed by atoms with Crippen LogP contribution in [0.1, 0.15) is 53.4 Å². The molecular weight excluding hydrogens is 206 g/mol. The molecule has 1 fully saturated rings. The van der Waals surface area contributed by atoms with Gasteiger partial charge in [-0.15, -0.1) is 0 Å². The third-order valence-corrected chi connectivity index (χ3v) is 3.93. The molecule has 0 aromatic heterocycles. The first-order chi connectivity index (χ1) is 8.06. The van der Waals surface area contributed by atoms with E-state index in [0.29, 0.717) is 12.0 Å². The van der Waals surface area contributed by atoms with Crippen molar-refractivity contribution < 1.29 is 0 Å². The highest BCUT2D eigenvalue weighted by molar-refractivity contribution is 5.17. The summed E-state index contributed by atoms with van der Waals surface area (Å²) in [5, 5.41) is 0. The van der Waals surface area contributed by atoms with Crippen LogP contribution in [0.5, 0.6) is 0 Å². The van der Waals surface area contributed by atoms with Gasteiger partial charge in [-0.2, -0.15) is 0 Å². The molecule has 0 saturated carbocycles. The normalized spacial score (nSPS) is 27.9. The lowest BCUT2D eigenvalue weighted by Gasteiger charge is -2.22. The lowest BCUT2D eigenvalue weighted by Crippen LogP contribution is -2.25. The van der Waals surface area contributed by atoms with Gasteiger partial charge < -0.3 is 4.90 Å². The van der Waals surface area contributed by atoms with Gasteiger partial charge in [0.2, 0.25) is 0 Å². The second-order valence-corrected chi connectivity index (χ2v) is 5.74. The molecular formula is C16H29N. The van der Waals surface area contributed by atoms with Gasteiger partial charge in [0.15, 0.2) is 0 Å². The van der Waals surface area contributed by atoms with E-state index in [2.05, 4.69) is 57.9 Å². The van der Waals surface area contributed by atoms with Crippen molar-refractivity contribution in [1.82, 2.24) is 4.90 Å². The maximum Gasteiger partial charge on any atom is 0.0287 e. The van der Waals surface area contributed by atoms with E-state index in [9.17, 15) is 0 Å². The summed E-state index contributed by atoms with van der Waals surface area (Å²) in [6.45, 7) is 9.10. The van der Waals surface area contributed by atoms with Gasteiger partial charge in [0, 0.05) is 18.8 Å². The Balaban J connectivity index is 2.58. The summed E-state index contributed by atoms with van der Waals surface area (Å²) < 4.78 is 0. The van der Waals surface area contributed by atoms with E-state index in [1.807, 2.05) is 0 Å². The molecule has 1 aliphatic heterocycles. The van der Waals surface area contributed by atoms with Crippen molar-refractivity contribution in [2.45, 2.75) is 59.4 Å². The summed E-state index contributed by atoms with van der Waals surface area (Å²) in [6, 6.07) is 0.709. The zero-order chi connectivity index (χ0) is 12.8. The number of rotatable bonds is 5. The van der Waals surface area contributed by atoms with Crippen molar-refractivity contribution in [3.8, 4) is 0 Å². The van der Waals surface area contributed by atoms with Gasteiger partial charge in [-0.25, -0.2) is 0 Å². The fraction of sp³-hybridized carbons (Fsp3) is 0.750. The fourth-order valence-electron chi connectivity index (χ4n) is 2.55. The molecule has 0 aliphatic carbocycles. The Morgan fingerprint density at radius 2 is 2.12 bits per heavy atom. The lowest BCUT2D eigenvalue weighted by atomic mass is 9.95. The van der Waals surface area contributed by atoms with E-state index in [1.54, 1.807) is 0 Å². The maximum atomic E-state index is 2.46. The Labute approximate surface area is 108 Å². The van der Waals surface area contributed by atoms with Gasteiger partial charge in [0.1, 0.15) is 0 Å². The van der Waals surface area contributed by atoms with Crippen LogP contribution in [0.3, 0.4) is 0 Å². The van der Waals surface area contributed by atoms with E-state index in [-0.39, 0.29) is 0 Å². The average molecular weight is 235 g/mol. The van der Waals surface area contributed by atoms with Gasteiger partial charge in [0.25, 0.3) is 0 Å². The quantitative estimate of drug-likeness (QED) is 0.672. The Kier molecular flexibility index (Phi) is 5.80. The maximum absolute atomic E-state index is 2.46. The molecule has 1 heteroatoms. The number of allylic oxidation sites excluding steroid dienone is 4. The molecule has 0 radical (unpaired) electrons. The van der Waals surface area contributed by atoms with Crippen molar-refractivity contribution in [3.05, 3.63) is 23.9 Å². The second kappa shape index (κ2) is 6.88. The Hall–Kier alpha value is -0.720. The predicted octanol–water partition coefficient (Wildman–Crippen LogP) is 4.61. The van der Waals surface area contributed by atoms with Crippen LogP contribution >= 0.6 is 0 Å². The minimum atomic E-state index is 0.645. The molecule has 1 rings (SSSR count). The van der Waals surface area contributed by atoms with Crippen molar-refractivity contribution in [2.75, 3.05) is 7.05 Å². The van der Waals surface area contributed by atoms with E-state index >= 15 is 0 Å². The SMILES string of the molecule is CCCCC1C/C(=C\C=C/C(C)C)N(C)C1C. The summed E-state index contributed by atoms with van der Waals surface area (Å²) in [5.74, 6) is 1.51. The molecule has 0 bridgehead atoms. The molecule has 0 aromatic rings. The highest BCUT2D eigenvalue weighted by Gasteiger charge is 2.30.